The third-order valence-electron chi connectivity index (χ3n) is 1.91. The molecule has 0 heterocycles. The second kappa shape index (κ2) is 44.1. The maximum absolute atomic E-state index is 8.26. The van der Waals surface area contributed by atoms with E-state index >= 15 is 0 Å². The van der Waals surface area contributed by atoms with E-state index in [9.17, 15) is 0 Å². The van der Waals surface area contributed by atoms with Gasteiger partial charge < -0.3 is 39.4 Å². The predicted octanol–water partition coefficient (Wildman–Crippen LogP) is 0.965. The summed E-state index contributed by atoms with van der Waals surface area (Å²) in [6.07, 6.45) is 4.68. The molecule has 0 aromatic rings. The minimum absolute atomic E-state index is 0.0417. The molecule has 0 fully saturated rings. The first-order valence-corrected chi connectivity index (χ1v) is 9.05. The Morgan fingerprint density at radius 2 is 1.08 bits per heavy atom. The summed E-state index contributed by atoms with van der Waals surface area (Å²) in [5.74, 6) is 0. The average Bonchev–Trinajstić information content (AvgIpc) is 2.67. The lowest BCUT2D eigenvalue weighted by Crippen LogP contribution is -2.09. The molecule has 8 heteroatoms. The van der Waals surface area contributed by atoms with Crippen LogP contribution in [0.2, 0.25) is 0 Å². The lowest BCUT2D eigenvalue weighted by Gasteiger charge is -2.01. The van der Waals surface area contributed by atoms with Gasteiger partial charge in [-0.15, -0.1) is 0 Å². The van der Waals surface area contributed by atoms with Gasteiger partial charge in [0.05, 0.1) is 65.7 Å². The Morgan fingerprint density at radius 1 is 0.615 bits per heavy atom. The van der Waals surface area contributed by atoms with E-state index in [1.807, 2.05) is 26.8 Å². The molecular weight excluding hydrogens is 344 g/mol. The Kier molecular flexibility index (Phi) is 55.7. The van der Waals surface area contributed by atoms with Crippen molar-refractivity contribution in [3.05, 3.63) is 12.3 Å². The Labute approximate surface area is 159 Å². The lowest BCUT2D eigenvalue weighted by atomic mass is 10.5. The van der Waals surface area contributed by atoms with E-state index in [1.54, 1.807) is 6.26 Å². The highest BCUT2D eigenvalue weighted by molar-refractivity contribution is 4.64. The van der Waals surface area contributed by atoms with Gasteiger partial charge in [0.25, 0.3) is 0 Å². The van der Waals surface area contributed by atoms with Crippen molar-refractivity contribution in [2.45, 2.75) is 34.1 Å². The van der Waals surface area contributed by atoms with Gasteiger partial charge in [0, 0.05) is 13.2 Å². The molecule has 0 rings (SSSR count). The van der Waals surface area contributed by atoms with Crippen LogP contribution in [0.15, 0.2) is 12.3 Å². The summed E-state index contributed by atoms with van der Waals surface area (Å²) in [5, 5.41) is 31.8. The summed E-state index contributed by atoms with van der Waals surface area (Å²) < 4.78 is 19.5. The highest BCUT2D eigenvalue weighted by Crippen LogP contribution is 1.79. The summed E-state index contributed by atoms with van der Waals surface area (Å²) >= 11 is 0. The van der Waals surface area contributed by atoms with Gasteiger partial charge in [-0.05, 0) is 27.2 Å². The quantitative estimate of drug-likeness (QED) is 0.273. The van der Waals surface area contributed by atoms with Crippen molar-refractivity contribution in [1.29, 1.82) is 0 Å². The maximum atomic E-state index is 8.26. The highest BCUT2D eigenvalue weighted by atomic mass is 16.5. The Balaban J connectivity index is -0.000000133. The third-order valence-corrected chi connectivity index (χ3v) is 1.91. The molecule has 0 saturated carbocycles. The molecule has 0 aliphatic rings. The van der Waals surface area contributed by atoms with Crippen LogP contribution in [0.3, 0.4) is 0 Å². The standard InChI is InChI=1S/C6H14O4.C6H12O.C4H10O.C2H6O2/c7-1-3-9-5-6-10-4-2-8;1-3-5-7-6-4-2;1-3-5-4-2;3-1-2-4/h7-8H,1-6H2;3,5H,4,6H2,1-2H3;3-4H2,1-2H3;3-4H,1-2H2/b;5-3+;;. The number of rotatable bonds is 13. The first-order valence-electron chi connectivity index (χ1n) is 9.05. The van der Waals surface area contributed by atoms with Crippen molar-refractivity contribution in [2.24, 2.45) is 0 Å². The summed E-state index contributed by atoms with van der Waals surface area (Å²) in [6, 6.07) is 0. The van der Waals surface area contributed by atoms with Crippen LogP contribution in [-0.2, 0) is 18.9 Å². The van der Waals surface area contributed by atoms with Gasteiger partial charge >= 0.3 is 0 Å². The first kappa shape index (κ1) is 32.9. The number of ether oxygens (including phenoxy) is 4. The smallest absolute Gasteiger partial charge is 0.0870 e. The molecule has 0 aromatic heterocycles. The largest absolute Gasteiger partial charge is 0.502 e. The van der Waals surface area contributed by atoms with Crippen molar-refractivity contribution < 1.29 is 39.4 Å². The molecule has 162 valence electrons. The van der Waals surface area contributed by atoms with Crippen LogP contribution in [0.1, 0.15) is 34.1 Å². The van der Waals surface area contributed by atoms with Gasteiger partial charge in [0.15, 0.2) is 0 Å². The van der Waals surface area contributed by atoms with Gasteiger partial charge in [-0.2, -0.15) is 0 Å². The van der Waals surface area contributed by atoms with Crippen LogP contribution in [0.4, 0.5) is 0 Å². The van der Waals surface area contributed by atoms with E-state index < -0.39 is 0 Å². The topological polar surface area (TPSA) is 118 Å². The van der Waals surface area contributed by atoms with Crippen molar-refractivity contribution in [1.82, 2.24) is 0 Å². The molecule has 0 atom stereocenters. The number of hydrogen-bond acceptors (Lipinski definition) is 8. The van der Waals surface area contributed by atoms with E-state index in [-0.39, 0.29) is 26.4 Å². The minimum Gasteiger partial charge on any atom is -0.502 e. The van der Waals surface area contributed by atoms with Crippen LogP contribution < -0.4 is 0 Å². The molecule has 0 radical (unpaired) electrons. The van der Waals surface area contributed by atoms with E-state index in [0.717, 1.165) is 26.2 Å². The molecule has 0 aliphatic heterocycles. The van der Waals surface area contributed by atoms with Gasteiger partial charge in [-0.25, -0.2) is 0 Å². The van der Waals surface area contributed by atoms with Crippen LogP contribution in [0.25, 0.3) is 0 Å². The molecule has 8 nitrogen and oxygen atoms in total. The number of aliphatic hydroxyl groups excluding tert-OH is 4. The fourth-order valence-corrected chi connectivity index (χ4v) is 0.937. The summed E-state index contributed by atoms with van der Waals surface area (Å²) in [6.45, 7) is 12.0. The van der Waals surface area contributed by atoms with Gasteiger partial charge in [0.1, 0.15) is 0 Å². The minimum atomic E-state index is -0.125. The molecule has 0 bridgehead atoms. The molecule has 0 spiro atoms. The zero-order chi connectivity index (χ0) is 20.7. The fraction of sp³-hybridized carbons (Fsp3) is 0.889. The van der Waals surface area contributed by atoms with Crippen molar-refractivity contribution >= 4 is 0 Å². The molecule has 0 aromatic carbocycles. The zero-order valence-corrected chi connectivity index (χ0v) is 17.1. The maximum Gasteiger partial charge on any atom is 0.0870 e. The van der Waals surface area contributed by atoms with Crippen molar-refractivity contribution in [3.63, 3.8) is 0 Å². The van der Waals surface area contributed by atoms with Crippen LogP contribution in [0.5, 0.6) is 0 Å². The molecular formula is C18H42O8. The second-order valence-electron chi connectivity index (χ2n) is 4.24. The van der Waals surface area contributed by atoms with E-state index in [2.05, 4.69) is 6.92 Å². The van der Waals surface area contributed by atoms with Crippen molar-refractivity contribution in [3.8, 4) is 0 Å². The first-order chi connectivity index (χ1) is 12.7. The van der Waals surface area contributed by atoms with Crippen LogP contribution in [0, 0.1) is 0 Å². The summed E-state index contributed by atoms with van der Waals surface area (Å²) in [7, 11) is 0. The second-order valence-corrected chi connectivity index (χ2v) is 4.24. The zero-order valence-electron chi connectivity index (χ0n) is 17.1. The summed E-state index contributed by atoms with van der Waals surface area (Å²) in [5.41, 5.74) is 0. The molecule has 0 amide bonds. The molecule has 26 heavy (non-hydrogen) atoms. The highest BCUT2D eigenvalue weighted by Gasteiger charge is 1.86. The monoisotopic (exact) mass is 386 g/mol. The number of allylic oxidation sites excluding steroid dienone is 1. The molecule has 4 N–H and O–H groups in total. The van der Waals surface area contributed by atoms with Gasteiger partial charge in [-0.3, -0.25) is 0 Å². The number of aliphatic hydroxyl groups is 4. The predicted molar refractivity (Wildman–Crippen MR) is 103 cm³/mol. The Bertz CT molecular complexity index is 192. The molecule has 0 unspecified atom stereocenters. The third kappa shape index (κ3) is 65.6. The van der Waals surface area contributed by atoms with E-state index in [0.29, 0.717) is 26.4 Å². The van der Waals surface area contributed by atoms with Crippen LogP contribution in [-0.4, -0.2) is 93.1 Å². The summed E-state index contributed by atoms with van der Waals surface area (Å²) in [4.78, 5) is 0. The SMILES string of the molecule is C/C=C/OCCC.CCOCC.OCCO.OCCOCCOCCO. The van der Waals surface area contributed by atoms with E-state index in [4.69, 9.17) is 39.4 Å². The van der Waals surface area contributed by atoms with Crippen molar-refractivity contribution in [2.75, 3.05) is 72.7 Å². The normalized spacial score (nSPS) is 9.38. The Morgan fingerprint density at radius 3 is 1.31 bits per heavy atom. The molecule has 0 aliphatic carbocycles. The lowest BCUT2D eigenvalue weighted by molar-refractivity contribution is 0.0222. The molecule has 0 saturated heterocycles. The van der Waals surface area contributed by atoms with Crippen LogP contribution >= 0.6 is 0 Å². The Hall–Kier alpha value is -0.740. The fourth-order valence-electron chi connectivity index (χ4n) is 0.937. The van der Waals surface area contributed by atoms with E-state index in [1.165, 1.54) is 0 Å². The van der Waals surface area contributed by atoms with Gasteiger partial charge in [0.2, 0.25) is 0 Å². The van der Waals surface area contributed by atoms with Gasteiger partial charge in [-0.1, -0.05) is 13.0 Å². The average molecular weight is 387 g/mol. The number of hydrogen-bond donors (Lipinski definition) is 4.